The highest BCUT2D eigenvalue weighted by Crippen LogP contribution is 2.31. The Balaban J connectivity index is 1.99. The van der Waals surface area contributed by atoms with Crippen LogP contribution >= 0.6 is 11.6 Å². The second-order valence-corrected chi connectivity index (χ2v) is 6.44. The van der Waals surface area contributed by atoms with E-state index in [9.17, 15) is 24.6 Å². The molecule has 7 nitrogen and oxygen atoms in total. The van der Waals surface area contributed by atoms with Crippen LogP contribution in [0.15, 0.2) is 21.3 Å². The van der Waals surface area contributed by atoms with Gasteiger partial charge in [-0.3, -0.25) is 4.79 Å². The van der Waals surface area contributed by atoms with Crippen molar-refractivity contribution in [2.45, 2.75) is 32.2 Å². The molecule has 1 aromatic heterocycles. The van der Waals surface area contributed by atoms with Crippen LogP contribution in [-0.4, -0.2) is 34.5 Å². The molecular formula is C17H15ClNO6-. The predicted octanol–water partition coefficient (Wildman–Crippen LogP) is 0.744. The quantitative estimate of drug-likeness (QED) is 0.804. The summed E-state index contributed by atoms with van der Waals surface area (Å²) >= 11 is 5.90. The second kappa shape index (κ2) is 6.40. The minimum atomic E-state index is -1.30. The number of carbonyl (C=O) groups excluding carboxylic acids is 2. The van der Waals surface area contributed by atoms with Crippen LogP contribution in [-0.2, 0) is 16.0 Å². The van der Waals surface area contributed by atoms with Crippen molar-refractivity contribution in [2.75, 3.05) is 6.54 Å². The first-order chi connectivity index (χ1) is 11.8. The lowest BCUT2D eigenvalue weighted by molar-refractivity contribution is -0.310. The van der Waals surface area contributed by atoms with Crippen LogP contribution < -0.4 is 10.7 Å². The predicted molar refractivity (Wildman–Crippen MR) is 87.3 cm³/mol. The Hall–Kier alpha value is -2.54. The van der Waals surface area contributed by atoms with Crippen LogP contribution in [0, 0.1) is 6.92 Å². The third kappa shape index (κ3) is 3.07. The average Bonchev–Trinajstić information content (AvgIpc) is 3.03. The van der Waals surface area contributed by atoms with Gasteiger partial charge in [0.15, 0.2) is 0 Å². The molecule has 132 valence electrons. The van der Waals surface area contributed by atoms with Gasteiger partial charge in [0.2, 0.25) is 5.91 Å². The van der Waals surface area contributed by atoms with E-state index in [2.05, 4.69) is 0 Å². The molecule has 1 aromatic carbocycles. The van der Waals surface area contributed by atoms with E-state index < -0.39 is 23.5 Å². The number of phenolic OH excluding ortho intramolecular Hbond substituents is 1. The standard InChI is InChI=1S/C17H16ClNO6/c1-8-9-5-11(18)13(20)7-14(9)25-17(24)10(8)6-15(21)19-4-2-3-12(19)16(22)23/h5,7,12,20H,2-4,6H2,1H3,(H,22,23)/p-1/t12-/m0/s1. The number of phenols is 1. The van der Waals surface area contributed by atoms with Crippen molar-refractivity contribution in [3.63, 3.8) is 0 Å². The molecule has 0 aliphatic carbocycles. The van der Waals surface area contributed by atoms with Crippen LogP contribution in [0.2, 0.25) is 5.02 Å². The molecule has 0 radical (unpaired) electrons. The van der Waals surface area contributed by atoms with Gasteiger partial charge in [-0.25, -0.2) is 4.79 Å². The highest BCUT2D eigenvalue weighted by atomic mass is 35.5. The zero-order valence-electron chi connectivity index (χ0n) is 13.4. The number of hydrogen-bond acceptors (Lipinski definition) is 6. The van der Waals surface area contributed by atoms with Crippen molar-refractivity contribution in [3.8, 4) is 5.75 Å². The number of aliphatic carboxylic acids is 1. The molecule has 0 bridgehead atoms. The lowest BCUT2D eigenvalue weighted by Crippen LogP contribution is -2.47. The van der Waals surface area contributed by atoms with Gasteiger partial charge in [-0.05, 0) is 31.4 Å². The minimum Gasteiger partial charge on any atom is -0.548 e. The van der Waals surface area contributed by atoms with E-state index in [1.807, 2.05) is 0 Å². The van der Waals surface area contributed by atoms with Crippen LogP contribution in [0.4, 0.5) is 0 Å². The van der Waals surface area contributed by atoms with Gasteiger partial charge < -0.3 is 24.3 Å². The molecule has 3 rings (SSSR count). The Morgan fingerprint density at radius 2 is 2.16 bits per heavy atom. The number of carbonyl (C=O) groups is 2. The lowest BCUT2D eigenvalue weighted by Gasteiger charge is -2.25. The number of halogens is 1. The number of carboxylic acid groups (broad SMARTS) is 1. The van der Waals surface area contributed by atoms with E-state index in [-0.39, 0.29) is 28.3 Å². The number of nitrogens with zero attached hydrogens (tertiary/aromatic N) is 1. The number of benzene rings is 1. The van der Waals surface area contributed by atoms with E-state index in [0.29, 0.717) is 30.3 Å². The summed E-state index contributed by atoms with van der Waals surface area (Å²) in [6.07, 6.45) is 0.644. The van der Waals surface area contributed by atoms with Crippen molar-refractivity contribution < 1.29 is 24.2 Å². The van der Waals surface area contributed by atoms with Crippen LogP contribution in [0.25, 0.3) is 11.0 Å². The van der Waals surface area contributed by atoms with Gasteiger partial charge in [0.05, 0.1) is 29.0 Å². The molecule has 2 aromatic rings. The fourth-order valence-corrected chi connectivity index (χ4v) is 3.33. The van der Waals surface area contributed by atoms with Gasteiger partial charge in [0.25, 0.3) is 0 Å². The fraction of sp³-hybridized carbons (Fsp3) is 0.353. The third-order valence-electron chi connectivity index (χ3n) is 4.53. The summed E-state index contributed by atoms with van der Waals surface area (Å²) in [5, 5.41) is 21.3. The van der Waals surface area contributed by atoms with Crippen molar-refractivity contribution in [1.82, 2.24) is 4.90 Å². The molecule has 2 heterocycles. The Morgan fingerprint density at radius 1 is 1.44 bits per heavy atom. The molecule has 0 unspecified atom stereocenters. The van der Waals surface area contributed by atoms with E-state index in [1.54, 1.807) is 6.92 Å². The molecule has 0 spiro atoms. The van der Waals surface area contributed by atoms with E-state index >= 15 is 0 Å². The molecule has 1 N–H and O–H groups in total. The maximum absolute atomic E-state index is 12.5. The van der Waals surface area contributed by atoms with E-state index in [4.69, 9.17) is 16.0 Å². The number of carboxylic acids is 1. The number of aryl methyl sites for hydroxylation is 1. The van der Waals surface area contributed by atoms with Crippen LogP contribution in [0.5, 0.6) is 5.75 Å². The SMILES string of the molecule is Cc1c(CC(=O)N2CCC[C@H]2C(=O)[O-])c(=O)oc2cc(O)c(Cl)cc12. The van der Waals surface area contributed by atoms with Gasteiger partial charge in [-0.1, -0.05) is 11.6 Å². The van der Waals surface area contributed by atoms with Gasteiger partial charge >= 0.3 is 5.63 Å². The lowest BCUT2D eigenvalue weighted by atomic mass is 10.0. The number of likely N-dealkylation sites (tertiary alicyclic amines) is 1. The third-order valence-corrected chi connectivity index (χ3v) is 4.83. The maximum Gasteiger partial charge on any atom is 0.340 e. The fourth-order valence-electron chi connectivity index (χ4n) is 3.17. The second-order valence-electron chi connectivity index (χ2n) is 6.03. The summed E-state index contributed by atoms with van der Waals surface area (Å²) < 4.78 is 5.17. The van der Waals surface area contributed by atoms with Crippen molar-refractivity contribution >= 4 is 34.4 Å². The number of aromatic hydroxyl groups is 1. The Labute approximate surface area is 147 Å². The first kappa shape index (κ1) is 17.3. The van der Waals surface area contributed by atoms with Gasteiger partial charge in [-0.15, -0.1) is 0 Å². The highest BCUT2D eigenvalue weighted by molar-refractivity contribution is 6.32. The first-order valence-electron chi connectivity index (χ1n) is 7.74. The summed E-state index contributed by atoms with van der Waals surface area (Å²) in [7, 11) is 0. The molecule has 25 heavy (non-hydrogen) atoms. The Kier molecular flexibility index (Phi) is 4.43. The van der Waals surface area contributed by atoms with Crippen molar-refractivity contribution in [3.05, 3.63) is 38.7 Å². The van der Waals surface area contributed by atoms with Crippen molar-refractivity contribution in [2.24, 2.45) is 0 Å². The zero-order chi connectivity index (χ0) is 18.3. The molecule has 1 fully saturated rings. The minimum absolute atomic E-state index is 0.0956. The summed E-state index contributed by atoms with van der Waals surface area (Å²) in [6, 6.07) is 1.73. The van der Waals surface area contributed by atoms with Crippen LogP contribution in [0.1, 0.15) is 24.0 Å². The summed E-state index contributed by atoms with van der Waals surface area (Å²) in [4.78, 5) is 37.1. The van der Waals surface area contributed by atoms with Gasteiger partial charge in [0, 0.05) is 18.0 Å². The maximum atomic E-state index is 12.5. The molecule has 0 saturated carbocycles. The van der Waals surface area contributed by atoms with Crippen LogP contribution in [0.3, 0.4) is 0 Å². The molecule has 1 amide bonds. The van der Waals surface area contributed by atoms with E-state index in [0.717, 1.165) is 0 Å². The molecule has 1 aliphatic heterocycles. The first-order valence-corrected chi connectivity index (χ1v) is 8.12. The smallest absolute Gasteiger partial charge is 0.340 e. The van der Waals surface area contributed by atoms with Gasteiger partial charge in [0.1, 0.15) is 11.3 Å². The molecule has 1 aliphatic rings. The van der Waals surface area contributed by atoms with Crippen molar-refractivity contribution in [1.29, 1.82) is 0 Å². The average molecular weight is 365 g/mol. The zero-order valence-corrected chi connectivity index (χ0v) is 14.1. The Morgan fingerprint density at radius 3 is 2.84 bits per heavy atom. The molecule has 1 atom stereocenters. The highest BCUT2D eigenvalue weighted by Gasteiger charge is 2.30. The number of amides is 1. The number of rotatable bonds is 3. The van der Waals surface area contributed by atoms with Gasteiger partial charge in [-0.2, -0.15) is 0 Å². The number of fused-ring (bicyclic) bond motifs is 1. The largest absolute Gasteiger partial charge is 0.548 e. The topological polar surface area (TPSA) is 111 Å². The summed E-state index contributed by atoms with van der Waals surface area (Å²) in [5.41, 5.74) is 0.104. The summed E-state index contributed by atoms with van der Waals surface area (Å²) in [6.45, 7) is 1.96. The molecular weight excluding hydrogens is 350 g/mol. The monoisotopic (exact) mass is 364 g/mol. The summed E-state index contributed by atoms with van der Waals surface area (Å²) in [5.74, 6) is -1.98. The number of hydrogen-bond donors (Lipinski definition) is 1. The molecule has 8 heteroatoms. The molecule has 1 saturated heterocycles. The Bertz CT molecular complexity index is 935. The van der Waals surface area contributed by atoms with E-state index in [1.165, 1.54) is 17.0 Å². The normalized spacial score (nSPS) is 17.2.